The van der Waals surface area contributed by atoms with Crippen molar-refractivity contribution in [2.45, 2.75) is 105 Å². The Bertz CT molecular complexity index is 1960. The molecule has 0 saturated carbocycles. The van der Waals surface area contributed by atoms with E-state index in [9.17, 15) is 0 Å². The third-order valence-corrected chi connectivity index (χ3v) is 19.7. The third-order valence-electron chi connectivity index (χ3n) is 10.5. The van der Waals surface area contributed by atoms with Gasteiger partial charge in [-0.15, -0.1) is 22.7 Å². The van der Waals surface area contributed by atoms with Crippen LogP contribution in [0, 0.1) is 25.7 Å². The van der Waals surface area contributed by atoms with Crippen molar-refractivity contribution < 1.29 is 0 Å². The molecule has 0 amide bonds. The highest BCUT2D eigenvalue weighted by atomic mass is 32.1. The van der Waals surface area contributed by atoms with Gasteiger partial charge in [-0.3, -0.25) is 0 Å². The summed E-state index contributed by atoms with van der Waals surface area (Å²) in [5.74, 6) is 1.60. The quantitative estimate of drug-likeness (QED) is 0.113. The Labute approximate surface area is 285 Å². The first-order valence-corrected chi connectivity index (χ1v) is 22.5. The van der Waals surface area contributed by atoms with Gasteiger partial charge in [0.2, 0.25) is 0 Å². The normalized spacial score (nSPS) is 17.5. The van der Waals surface area contributed by atoms with Crippen LogP contribution in [-0.4, -0.2) is 25.6 Å². The molecule has 0 bridgehead atoms. The van der Waals surface area contributed by atoms with E-state index in [1.54, 1.807) is 20.1 Å². The molecular weight excluding hydrogens is 645 g/mol. The molecule has 0 N–H and O–H groups in total. The lowest BCUT2D eigenvalue weighted by Gasteiger charge is -2.35. The number of hydrogen-bond donors (Lipinski definition) is 0. The second-order valence-corrected chi connectivity index (χ2v) is 20.8. The molecule has 1 aliphatic rings. The molecule has 2 unspecified atom stereocenters. The lowest BCUT2D eigenvalue weighted by molar-refractivity contribution is 0.469. The molecule has 45 heavy (non-hydrogen) atoms. The van der Waals surface area contributed by atoms with E-state index in [4.69, 9.17) is 13.1 Å². The summed E-state index contributed by atoms with van der Waals surface area (Å²) in [5.41, 5.74) is 6.42. The van der Waals surface area contributed by atoms with Gasteiger partial charge in [-0.2, -0.15) is 17.5 Å². The van der Waals surface area contributed by atoms with Crippen LogP contribution >= 0.6 is 46.1 Å². The van der Waals surface area contributed by atoms with Crippen LogP contribution < -0.4 is 10.4 Å². The lowest BCUT2D eigenvalue weighted by Crippen LogP contribution is -2.56. The Balaban J connectivity index is 1.44. The van der Waals surface area contributed by atoms with Gasteiger partial charge in [-0.05, 0) is 78.0 Å². The predicted octanol–water partition coefficient (Wildman–Crippen LogP) is 11.2. The smallest absolute Gasteiger partial charge is 0.122 e. The summed E-state index contributed by atoms with van der Waals surface area (Å²) in [6, 6.07) is 12.7. The van der Waals surface area contributed by atoms with Crippen molar-refractivity contribution in [1.29, 1.82) is 0 Å². The molecule has 4 nitrogen and oxygen atoms in total. The van der Waals surface area contributed by atoms with Crippen LogP contribution in [0.25, 0.3) is 53.0 Å². The van der Waals surface area contributed by atoms with E-state index in [2.05, 4.69) is 81.5 Å². The second-order valence-electron chi connectivity index (χ2n) is 13.4. The van der Waals surface area contributed by atoms with Gasteiger partial charge in [0.05, 0.1) is 23.5 Å². The minimum absolute atomic E-state index is 0.798. The zero-order valence-electron chi connectivity index (χ0n) is 27.5. The zero-order chi connectivity index (χ0) is 31.3. The van der Waals surface area contributed by atoms with Gasteiger partial charge in [0.1, 0.15) is 30.1 Å². The summed E-state index contributed by atoms with van der Waals surface area (Å²) in [7, 11) is -2.01. The molecule has 236 valence electrons. The fourth-order valence-electron chi connectivity index (χ4n) is 8.03. The summed E-state index contributed by atoms with van der Waals surface area (Å²) in [6.45, 7) is 14.1. The van der Waals surface area contributed by atoms with Crippen molar-refractivity contribution in [2.24, 2.45) is 11.8 Å². The highest BCUT2D eigenvalue weighted by Crippen LogP contribution is 2.48. The van der Waals surface area contributed by atoms with Gasteiger partial charge in [-0.25, -0.2) is 0 Å². The van der Waals surface area contributed by atoms with Gasteiger partial charge in [0.15, 0.2) is 0 Å². The van der Waals surface area contributed by atoms with E-state index in [1.165, 1.54) is 102 Å². The average Bonchev–Trinajstić information content (AvgIpc) is 3.87. The minimum atomic E-state index is -2.01. The molecule has 0 saturated heterocycles. The molecule has 5 heterocycles. The Morgan fingerprint density at radius 1 is 0.644 bits per heavy atom. The molecule has 4 aromatic heterocycles. The van der Waals surface area contributed by atoms with Crippen LogP contribution in [0.4, 0.5) is 0 Å². The number of rotatable bonds is 13. The van der Waals surface area contributed by atoms with Gasteiger partial charge in [-0.1, -0.05) is 79.1 Å². The molecule has 9 heteroatoms. The predicted molar refractivity (Wildman–Crippen MR) is 203 cm³/mol. The molecule has 0 radical (unpaired) electrons. The second kappa shape index (κ2) is 12.9. The molecule has 2 atom stereocenters. The highest BCUT2D eigenvalue weighted by molar-refractivity contribution is 7.30. The highest BCUT2D eigenvalue weighted by Gasteiger charge is 2.49. The topological polar surface area (TPSA) is 51.6 Å². The maximum Gasteiger partial charge on any atom is 0.122 e. The molecule has 7 rings (SSSR count). The molecule has 0 fully saturated rings. The number of fused-ring (bicyclic) bond motifs is 8. The van der Waals surface area contributed by atoms with Crippen molar-refractivity contribution in [1.82, 2.24) is 17.5 Å². The Morgan fingerprint density at radius 3 is 1.84 bits per heavy atom. The first-order valence-electron chi connectivity index (χ1n) is 17.0. The van der Waals surface area contributed by atoms with Gasteiger partial charge in [0.25, 0.3) is 0 Å². The molecule has 1 aliphatic heterocycles. The zero-order valence-corrected chi connectivity index (χ0v) is 31.7. The molecule has 0 spiro atoms. The summed E-state index contributed by atoms with van der Waals surface area (Å²) in [6.07, 6.45) is 10.6. The fourth-order valence-corrected chi connectivity index (χ4v) is 19.6. The van der Waals surface area contributed by atoms with Crippen molar-refractivity contribution >= 4 is 97.4 Å². The number of unbranched alkanes of at least 4 members (excludes halogenated alkanes) is 2. The number of aromatic nitrogens is 4. The first kappa shape index (κ1) is 31.6. The Kier molecular flexibility index (Phi) is 9.02. The molecular formula is C36H44N4S4Si. The number of aryl methyl sites for hydroxylation is 2. The van der Waals surface area contributed by atoms with E-state index in [0.29, 0.717) is 0 Å². The van der Waals surface area contributed by atoms with Crippen molar-refractivity contribution in [3.05, 3.63) is 34.7 Å². The summed E-state index contributed by atoms with van der Waals surface area (Å²) in [5, 5.41) is 5.80. The van der Waals surface area contributed by atoms with Gasteiger partial charge < -0.3 is 0 Å². The number of thiophene rings is 2. The van der Waals surface area contributed by atoms with Crippen LogP contribution in [0.15, 0.2) is 24.3 Å². The van der Waals surface area contributed by atoms with E-state index >= 15 is 0 Å². The van der Waals surface area contributed by atoms with E-state index in [0.717, 1.165) is 50.2 Å². The van der Waals surface area contributed by atoms with Crippen LogP contribution in [0.5, 0.6) is 0 Å². The Morgan fingerprint density at radius 2 is 1.20 bits per heavy atom. The van der Waals surface area contributed by atoms with E-state index in [1.807, 2.05) is 11.3 Å². The average molecular weight is 689 g/mol. The van der Waals surface area contributed by atoms with Crippen molar-refractivity contribution in [3.8, 4) is 20.2 Å². The lowest BCUT2D eigenvalue weighted by atomic mass is 10.00. The number of hydrogen-bond acceptors (Lipinski definition) is 8. The Hall–Kier alpha value is -2.04. The standard InChI is InChI=1S/C36H44N4S4Si/c1-7-11-13-23(9-3)19-45(20-24(10-4)14-12-8-2)29-16-22(6)41-35(29)36-30(45)18-28(42-36)27-17-26-25(33-34(27)40-44-39-33)15-21(5)31-32(26)38-43-37-31/h15-18,23-24H,7-14,19-20H2,1-6H3. The minimum Gasteiger partial charge on any atom is -0.173 e. The van der Waals surface area contributed by atoms with E-state index in [-0.39, 0.29) is 0 Å². The molecule has 6 aromatic rings. The molecule has 2 aromatic carbocycles. The SMILES string of the molecule is CCCCC(CC)C[Si]1(CC(CC)CCCC)c2cc(C)sc2-c2sc(-c3cc4c(cc(C)c5nsnc54)c4nsnc34)cc21. The fraction of sp³-hybridized carbons (Fsp3) is 0.500. The third kappa shape index (κ3) is 5.34. The maximum atomic E-state index is 4.92. The summed E-state index contributed by atoms with van der Waals surface area (Å²) < 4.78 is 19.2. The van der Waals surface area contributed by atoms with Crippen LogP contribution in [0.3, 0.4) is 0 Å². The maximum absolute atomic E-state index is 4.92. The van der Waals surface area contributed by atoms with Crippen LogP contribution in [0.1, 0.15) is 89.5 Å². The summed E-state index contributed by atoms with van der Waals surface area (Å²) >= 11 is 6.71. The van der Waals surface area contributed by atoms with E-state index < -0.39 is 8.07 Å². The van der Waals surface area contributed by atoms with Gasteiger partial charge in [0, 0.05) is 35.8 Å². The van der Waals surface area contributed by atoms with Crippen LogP contribution in [0.2, 0.25) is 12.1 Å². The number of nitrogens with zero attached hydrogens (tertiary/aromatic N) is 4. The number of benzene rings is 2. The van der Waals surface area contributed by atoms with Crippen molar-refractivity contribution in [3.63, 3.8) is 0 Å². The van der Waals surface area contributed by atoms with Gasteiger partial charge >= 0.3 is 0 Å². The van der Waals surface area contributed by atoms with Crippen molar-refractivity contribution in [2.75, 3.05) is 0 Å². The molecule has 0 aliphatic carbocycles. The van der Waals surface area contributed by atoms with Crippen LogP contribution in [-0.2, 0) is 0 Å². The first-order chi connectivity index (χ1) is 21.9. The largest absolute Gasteiger partial charge is 0.173 e. The monoisotopic (exact) mass is 688 g/mol. The summed E-state index contributed by atoms with van der Waals surface area (Å²) in [4.78, 5) is 6.00.